The Hall–Kier alpha value is -3.75. The zero-order valence-electron chi connectivity index (χ0n) is 32.6. The van der Waals surface area contributed by atoms with Crippen molar-refractivity contribution in [2.75, 3.05) is 40.0 Å². The maximum Gasteiger partial charge on any atom is 0.410 e. The van der Waals surface area contributed by atoms with E-state index in [1.165, 1.54) is 4.90 Å². The number of methoxy groups -OCH3 is 1. The van der Waals surface area contributed by atoms with E-state index in [0.29, 0.717) is 19.4 Å². The van der Waals surface area contributed by atoms with Gasteiger partial charge >= 0.3 is 18.2 Å². The number of alkyl carbamates (subject to hydrolysis) is 1. The number of hydrogen-bond acceptors (Lipinski definition) is 10. The molecule has 13 heteroatoms. The molecule has 0 saturated carbocycles. The van der Waals surface area contributed by atoms with E-state index < -0.39 is 47.5 Å². The number of aliphatic carboxylic acids is 1. The molecular formula is C40H58N2O11. The van der Waals surface area contributed by atoms with Crippen LogP contribution in [0.2, 0.25) is 0 Å². The molecule has 4 rings (SSSR count). The predicted molar refractivity (Wildman–Crippen MR) is 198 cm³/mol. The van der Waals surface area contributed by atoms with Crippen LogP contribution in [0.4, 0.5) is 9.59 Å². The lowest BCUT2D eigenvalue weighted by Gasteiger charge is -2.34. The molecule has 1 heterocycles. The first kappa shape index (κ1) is 42.0. The number of unbranched alkanes of at least 4 members (excludes halogenated alkanes) is 1. The van der Waals surface area contributed by atoms with Crippen molar-refractivity contribution in [2.45, 2.75) is 122 Å². The first-order valence-electron chi connectivity index (χ1n) is 18.4. The first-order valence-corrected chi connectivity index (χ1v) is 18.4. The third-order valence-corrected chi connectivity index (χ3v) is 9.05. The molecule has 2 amide bonds. The molecule has 2 aromatic rings. The van der Waals surface area contributed by atoms with Crippen LogP contribution < -0.4 is 5.32 Å². The fourth-order valence-electron chi connectivity index (χ4n) is 6.82. The highest BCUT2D eigenvalue weighted by molar-refractivity contribution is 5.81. The van der Waals surface area contributed by atoms with Gasteiger partial charge in [0, 0.05) is 26.1 Å². The summed E-state index contributed by atoms with van der Waals surface area (Å²) in [4.78, 5) is 39.6. The van der Waals surface area contributed by atoms with Gasteiger partial charge in [-0.3, -0.25) is 0 Å². The van der Waals surface area contributed by atoms with Crippen LogP contribution in [0.25, 0.3) is 11.1 Å². The second kappa shape index (κ2) is 18.1. The molecule has 0 bridgehead atoms. The van der Waals surface area contributed by atoms with Crippen molar-refractivity contribution < 1.29 is 52.6 Å². The van der Waals surface area contributed by atoms with Crippen LogP contribution in [0.3, 0.4) is 0 Å². The van der Waals surface area contributed by atoms with Crippen LogP contribution in [0.1, 0.15) is 91.7 Å². The van der Waals surface area contributed by atoms with Crippen molar-refractivity contribution in [1.82, 2.24) is 10.2 Å². The molecule has 294 valence electrons. The lowest BCUT2D eigenvalue weighted by Crippen LogP contribution is -2.45. The number of nitrogens with zero attached hydrogens (tertiary/aromatic N) is 1. The normalized spacial score (nSPS) is 19.2. The third kappa shape index (κ3) is 12.1. The Morgan fingerprint density at radius 1 is 0.925 bits per heavy atom. The molecule has 0 radical (unpaired) electrons. The maximum absolute atomic E-state index is 13.1. The van der Waals surface area contributed by atoms with Crippen molar-refractivity contribution in [3.05, 3.63) is 59.7 Å². The highest BCUT2D eigenvalue weighted by Gasteiger charge is 2.45. The molecule has 3 unspecified atom stereocenters. The molecule has 0 spiro atoms. The number of fused-ring (bicyclic) bond motifs is 3. The van der Waals surface area contributed by atoms with Gasteiger partial charge in [0.2, 0.25) is 0 Å². The number of ether oxygens (including phenoxy) is 7. The minimum atomic E-state index is -1.17. The Morgan fingerprint density at radius 3 is 2.13 bits per heavy atom. The van der Waals surface area contributed by atoms with Crippen LogP contribution in [-0.4, -0.2) is 110 Å². The molecular weight excluding hydrogens is 684 g/mol. The van der Waals surface area contributed by atoms with Crippen LogP contribution in [0.5, 0.6) is 0 Å². The standard InChI is InChI=1S/C40H58N2O11/c1-26(34-33(25-47-9)51-40(7,8)52-34)50-39(5,6)49-23-22-42(37(46)53-38(2,3)4)21-15-14-20-32(35(43)44)41-36(45)48-24-31-29-18-12-10-16-27(29)28-17-11-13-19-30(28)31/h10-13,16-19,26,31-34H,14-15,20-25H2,1-9H3,(H,41,45)(H,43,44)/t26?,32-,33?,34?/m0/s1. The highest BCUT2D eigenvalue weighted by Crippen LogP contribution is 2.44. The van der Waals surface area contributed by atoms with Gasteiger partial charge in [-0.05, 0) is 96.9 Å². The third-order valence-electron chi connectivity index (χ3n) is 9.05. The summed E-state index contributed by atoms with van der Waals surface area (Å²) in [5, 5.41) is 12.4. The average Bonchev–Trinajstić information content (AvgIpc) is 3.56. The summed E-state index contributed by atoms with van der Waals surface area (Å²) in [5.74, 6) is -3.10. The number of carboxylic acid groups (broad SMARTS) is 1. The number of carboxylic acids is 1. The number of carbonyl (C=O) groups excluding carboxylic acids is 2. The van der Waals surface area contributed by atoms with Gasteiger partial charge in [-0.25, -0.2) is 14.4 Å². The minimum Gasteiger partial charge on any atom is -0.480 e. The summed E-state index contributed by atoms with van der Waals surface area (Å²) in [5.41, 5.74) is 3.62. The predicted octanol–water partition coefficient (Wildman–Crippen LogP) is 6.71. The molecule has 2 aliphatic rings. The fourth-order valence-corrected chi connectivity index (χ4v) is 6.82. The van der Waals surface area contributed by atoms with E-state index in [-0.39, 0.29) is 50.8 Å². The number of hydrogen-bond donors (Lipinski definition) is 2. The highest BCUT2D eigenvalue weighted by atomic mass is 16.8. The number of amides is 2. The first-order chi connectivity index (χ1) is 24.9. The Bertz CT molecular complexity index is 1490. The molecule has 1 aliphatic carbocycles. The second-order valence-corrected chi connectivity index (χ2v) is 15.5. The largest absolute Gasteiger partial charge is 0.480 e. The summed E-state index contributed by atoms with van der Waals surface area (Å²) in [6, 6.07) is 14.8. The quantitative estimate of drug-likeness (QED) is 0.124. The molecule has 0 aromatic heterocycles. The molecule has 13 nitrogen and oxygen atoms in total. The second-order valence-electron chi connectivity index (χ2n) is 15.5. The Kier molecular flexibility index (Phi) is 14.3. The van der Waals surface area contributed by atoms with Crippen LogP contribution in [0, 0.1) is 0 Å². The number of rotatable bonds is 18. The van der Waals surface area contributed by atoms with E-state index in [2.05, 4.69) is 5.32 Å². The average molecular weight is 743 g/mol. The van der Waals surface area contributed by atoms with Crippen molar-refractivity contribution in [1.29, 1.82) is 0 Å². The smallest absolute Gasteiger partial charge is 0.410 e. The van der Waals surface area contributed by atoms with Gasteiger partial charge in [0.25, 0.3) is 0 Å². The van der Waals surface area contributed by atoms with Crippen molar-refractivity contribution in [2.24, 2.45) is 0 Å². The van der Waals surface area contributed by atoms with Gasteiger partial charge in [-0.1, -0.05) is 48.5 Å². The number of benzene rings is 2. The van der Waals surface area contributed by atoms with Gasteiger partial charge < -0.3 is 48.5 Å². The van der Waals surface area contributed by atoms with Crippen molar-refractivity contribution in [3.8, 4) is 11.1 Å². The van der Waals surface area contributed by atoms with Gasteiger partial charge in [-0.2, -0.15) is 0 Å². The molecule has 1 aliphatic heterocycles. The van der Waals surface area contributed by atoms with E-state index in [1.807, 2.05) is 69.3 Å². The van der Waals surface area contributed by atoms with Crippen molar-refractivity contribution in [3.63, 3.8) is 0 Å². The molecule has 53 heavy (non-hydrogen) atoms. The number of nitrogens with one attached hydrogen (secondary N) is 1. The lowest BCUT2D eigenvalue weighted by molar-refractivity contribution is -0.255. The zero-order chi connectivity index (χ0) is 39.0. The monoisotopic (exact) mass is 742 g/mol. The van der Waals surface area contributed by atoms with Crippen LogP contribution in [0.15, 0.2) is 48.5 Å². The summed E-state index contributed by atoms with van der Waals surface area (Å²) in [6.45, 7) is 15.6. The topological polar surface area (TPSA) is 151 Å². The summed E-state index contributed by atoms with van der Waals surface area (Å²) >= 11 is 0. The van der Waals surface area contributed by atoms with E-state index in [1.54, 1.807) is 41.7 Å². The van der Waals surface area contributed by atoms with E-state index in [4.69, 9.17) is 33.2 Å². The lowest BCUT2D eigenvalue weighted by atomic mass is 9.98. The van der Waals surface area contributed by atoms with Crippen molar-refractivity contribution >= 4 is 18.2 Å². The minimum absolute atomic E-state index is 0.0785. The maximum atomic E-state index is 13.1. The van der Waals surface area contributed by atoms with Gasteiger partial charge in [0.05, 0.1) is 19.3 Å². The molecule has 2 aromatic carbocycles. The van der Waals surface area contributed by atoms with E-state index >= 15 is 0 Å². The van der Waals surface area contributed by atoms with Gasteiger partial charge in [0.1, 0.15) is 30.5 Å². The Labute approximate surface area is 313 Å². The SMILES string of the molecule is COCC1OC(C)(C)OC1C(C)OC(C)(C)OCCN(CCCC[C@H](NC(=O)OCC1c2ccccc2-c2ccccc21)C(=O)O)C(=O)OC(C)(C)C. The van der Waals surface area contributed by atoms with Crippen LogP contribution >= 0.6 is 0 Å². The molecule has 4 atom stereocenters. The summed E-state index contributed by atoms with van der Waals surface area (Å²) < 4.78 is 40.9. The Morgan fingerprint density at radius 2 is 1.55 bits per heavy atom. The van der Waals surface area contributed by atoms with Gasteiger partial charge in [-0.15, -0.1) is 0 Å². The zero-order valence-corrected chi connectivity index (χ0v) is 32.6. The molecule has 1 fully saturated rings. The molecule has 1 saturated heterocycles. The summed E-state index contributed by atoms with van der Waals surface area (Å²) in [6.07, 6.45) is -1.37. The van der Waals surface area contributed by atoms with E-state index in [9.17, 15) is 19.5 Å². The molecule has 2 N–H and O–H groups in total. The van der Waals surface area contributed by atoms with E-state index in [0.717, 1.165) is 22.3 Å². The van der Waals surface area contributed by atoms with Gasteiger partial charge in [0.15, 0.2) is 11.6 Å². The summed E-state index contributed by atoms with van der Waals surface area (Å²) in [7, 11) is 1.61. The Balaban J connectivity index is 1.26. The number of carbonyl (C=O) groups is 3. The van der Waals surface area contributed by atoms with Crippen LogP contribution in [-0.2, 0) is 38.0 Å². The fraction of sp³-hybridized carbons (Fsp3) is 0.625.